The zero-order valence-electron chi connectivity index (χ0n) is 20.9. The number of rotatable bonds is 8. The summed E-state index contributed by atoms with van der Waals surface area (Å²) in [4.78, 5) is 40.8. The lowest BCUT2D eigenvalue weighted by atomic mass is 10.1. The average Bonchev–Trinajstić information content (AvgIpc) is 3.55. The predicted molar refractivity (Wildman–Crippen MR) is 120 cm³/mol. The van der Waals surface area contributed by atoms with Crippen molar-refractivity contribution in [3.05, 3.63) is 41.0 Å². The maximum absolute atomic E-state index is 12.7. The summed E-state index contributed by atoms with van der Waals surface area (Å²) in [6.45, 7) is -2.78. The van der Waals surface area contributed by atoms with Gasteiger partial charge < -0.3 is 20.7 Å². The van der Waals surface area contributed by atoms with Crippen LogP contribution in [0.5, 0.6) is 5.75 Å². The first-order valence-corrected chi connectivity index (χ1v) is 10.4. The zero-order valence-corrected chi connectivity index (χ0v) is 17.7. The largest absolute Gasteiger partial charge is 0.494 e. The van der Waals surface area contributed by atoms with Gasteiger partial charge in [0, 0.05) is 23.2 Å². The SMILES string of the molecule is [2H]C([2H])([2H])NC(=O)C1=NNC([2H])(NC(=O)C2CC2)C=C1Nc1cccc(-c2ncc(C=O)s2)c1OC. The van der Waals surface area contributed by atoms with E-state index in [0.29, 0.717) is 33.2 Å². The minimum absolute atomic E-state index is 0.0373. The Balaban J connectivity index is 1.70. The first-order chi connectivity index (χ1) is 17.0. The van der Waals surface area contributed by atoms with Gasteiger partial charge in [-0.1, -0.05) is 6.07 Å². The van der Waals surface area contributed by atoms with Crippen LogP contribution in [-0.4, -0.2) is 49.0 Å². The van der Waals surface area contributed by atoms with Crippen molar-refractivity contribution in [2.45, 2.75) is 19.0 Å². The molecular weight excluding hydrogens is 432 g/mol. The molecule has 1 saturated carbocycles. The molecule has 1 fully saturated rings. The first kappa shape index (κ1) is 16.9. The number of methoxy groups -OCH3 is 1. The van der Waals surface area contributed by atoms with E-state index < -0.39 is 19.0 Å². The number of amides is 2. The third-order valence-electron chi connectivity index (χ3n) is 4.73. The van der Waals surface area contributed by atoms with Gasteiger partial charge in [0.15, 0.2) is 17.7 Å². The molecule has 0 radical (unpaired) electrons. The Morgan fingerprint density at radius 1 is 1.41 bits per heavy atom. The number of benzene rings is 1. The Hall–Kier alpha value is -3.73. The topological polar surface area (TPSA) is 134 Å². The van der Waals surface area contributed by atoms with E-state index in [4.69, 9.17) is 10.2 Å². The van der Waals surface area contributed by atoms with Crippen LogP contribution in [-0.2, 0) is 9.59 Å². The Morgan fingerprint density at radius 3 is 2.94 bits per heavy atom. The number of aldehydes is 1. The summed E-state index contributed by atoms with van der Waals surface area (Å²) in [6.07, 6.45) is 2.88. The number of hydrogen-bond donors (Lipinski definition) is 4. The van der Waals surface area contributed by atoms with E-state index in [9.17, 15) is 14.4 Å². The van der Waals surface area contributed by atoms with Gasteiger partial charge in [0.2, 0.25) is 5.91 Å². The summed E-state index contributed by atoms with van der Waals surface area (Å²) >= 11 is 1.16. The summed E-state index contributed by atoms with van der Waals surface area (Å²) in [5.74, 6) is -1.23. The first-order valence-electron chi connectivity index (χ1n) is 11.6. The molecule has 166 valence electrons. The molecule has 2 aliphatic rings. The third kappa shape index (κ3) is 4.47. The molecule has 1 aromatic heterocycles. The maximum atomic E-state index is 12.7. The van der Waals surface area contributed by atoms with Crippen LogP contribution in [0.15, 0.2) is 41.3 Å². The number of carbonyl (C=O) groups is 3. The van der Waals surface area contributed by atoms with E-state index in [2.05, 4.69) is 26.1 Å². The van der Waals surface area contributed by atoms with Crippen LogP contribution >= 0.6 is 11.3 Å². The van der Waals surface area contributed by atoms with Gasteiger partial charge in [-0.3, -0.25) is 19.8 Å². The van der Waals surface area contributed by atoms with Gasteiger partial charge in [0.25, 0.3) is 5.91 Å². The summed E-state index contributed by atoms with van der Waals surface area (Å²) in [6, 6.07) is 5.05. The van der Waals surface area contributed by atoms with Crippen LogP contribution in [0.2, 0.25) is 0 Å². The van der Waals surface area contributed by atoms with Crippen molar-refractivity contribution in [2.75, 3.05) is 19.4 Å². The van der Waals surface area contributed by atoms with Crippen molar-refractivity contribution < 1.29 is 24.6 Å². The van der Waals surface area contributed by atoms with Crippen LogP contribution in [0.3, 0.4) is 0 Å². The lowest BCUT2D eigenvalue weighted by Crippen LogP contribution is -2.47. The Labute approximate surface area is 193 Å². The fourth-order valence-corrected chi connectivity index (χ4v) is 3.78. The summed E-state index contributed by atoms with van der Waals surface area (Å²) in [7, 11) is 1.43. The lowest BCUT2D eigenvalue weighted by molar-refractivity contribution is -0.122. The second kappa shape index (κ2) is 9.18. The van der Waals surface area contributed by atoms with Crippen molar-refractivity contribution in [1.82, 2.24) is 21.0 Å². The molecule has 2 amide bonds. The Kier molecular flexibility index (Phi) is 4.85. The number of nitrogens with zero attached hydrogens (tertiary/aromatic N) is 2. The van der Waals surface area contributed by atoms with Gasteiger partial charge in [0.1, 0.15) is 11.1 Å². The Bertz CT molecular complexity index is 1270. The average molecular weight is 459 g/mol. The van der Waals surface area contributed by atoms with Gasteiger partial charge in [0.05, 0.1) is 30.3 Å². The molecular formula is C21H22N6O4S. The normalized spacial score (nSPS) is 21.9. The van der Waals surface area contributed by atoms with Crippen LogP contribution in [0, 0.1) is 5.92 Å². The van der Waals surface area contributed by atoms with E-state index in [-0.39, 0.29) is 23.2 Å². The van der Waals surface area contributed by atoms with Gasteiger partial charge in [-0.05, 0) is 31.1 Å². The number of hydrazone groups is 1. The standard InChI is InChI=1S/C21H22N6O4S/c1-22-20(30)17-15(8-16(26-27-17)25-19(29)11-6-7-11)24-14-5-3-4-13(18(14)31-2)21-23-9-12(10-28)32-21/h3-5,8-11,16,24,26H,6-7H2,1-2H3,(H,22,30)(H,25,29)/i1D3,16D. The number of thiazole rings is 1. The van der Waals surface area contributed by atoms with Crippen molar-refractivity contribution in [3.63, 3.8) is 0 Å². The molecule has 2 aromatic rings. The molecule has 11 heteroatoms. The van der Waals surface area contributed by atoms with Crippen LogP contribution < -0.4 is 26.1 Å². The second-order valence-electron chi connectivity index (χ2n) is 6.96. The van der Waals surface area contributed by atoms with Crippen LogP contribution in [0.1, 0.15) is 28.0 Å². The molecule has 1 aliphatic heterocycles. The molecule has 0 bridgehead atoms. The Morgan fingerprint density at radius 2 is 2.25 bits per heavy atom. The summed E-state index contributed by atoms with van der Waals surface area (Å²) in [5, 5.41) is 11.8. The van der Waals surface area contributed by atoms with Gasteiger partial charge in [-0.25, -0.2) is 4.98 Å². The van der Waals surface area contributed by atoms with Crippen molar-refractivity contribution in [1.29, 1.82) is 0 Å². The molecule has 0 saturated heterocycles. The molecule has 4 rings (SSSR count). The van der Waals surface area contributed by atoms with Crippen molar-refractivity contribution >= 4 is 40.8 Å². The molecule has 2 heterocycles. The van der Waals surface area contributed by atoms with E-state index in [1.54, 1.807) is 18.2 Å². The lowest BCUT2D eigenvalue weighted by Gasteiger charge is -2.24. The number of carbonyl (C=O) groups excluding carboxylic acids is 3. The van der Waals surface area contributed by atoms with E-state index in [0.717, 1.165) is 24.2 Å². The van der Waals surface area contributed by atoms with Crippen molar-refractivity contribution in [2.24, 2.45) is 11.0 Å². The monoisotopic (exact) mass is 458 g/mol. The highest BCUT2D eigenvalue weighted by atomic mass is 32.1. The number of aromatic nitrogens is 1. The van der Waals surface area contributed by atoms with Crippen molar-refractivity contribution in [3.8, 4) is 16.3 Å². The minimum Gasteiger partial charge on any atom is -0.494 e. The van der Waals surface area contributed by atoms with Crippen LogP contribution in [0.4, 0.5) is 5.69 Å². The molecule has 10 nitrogen and oxygen atoms in total. The molecule has 1 unspecified atom stereocenters. The molecule has 0 spiro atoms. The zero-order chi connectivity index (χ0) is 26.1. The number of ether oxygens (including phenoxy) is 1. The number of nitrogens with one attached hydrogen (secondary N) is 4. The van der Waals surface area contributed by atoms with Crippen LogP contribution in [0.25, 0.3) is 10.6 Å². The van der Waals surface area contributed by atoms with E-state index >= 15 is 0 Å². The molecule has 4 N–H and O–H groups in total. The quantitative estimate of drug-likeness (QED) is 0.440. The van der Waals surface area contributed by atoms with E-state index in [1.807, 2.05) is 5.32 Å². The highest BCUT2D eigenvalue weighted by Crippen LogP contribution is 2.38. The molecule has 32 heavy (non-hydrogen) atoms. The van der Waals surface area contributed by atoms with Gasteiger partial charge in [-0.15, -0.1) is 11.3 Å². The molecule has 1 aromatic carbocycles. The fraction of sp³-hybridized carbons (Fsp3) is 0.286. The van der Waals surface area contributed by atoms with Gasteiger partial charge >= 0.3 is 0 Å². The second-order valence-corrected chi connectivity index (χ2v) is 8.02. The summed E-state index contributed by atoms with van der Waals surface area (Å²) < 4.78 is 36.2. The molecule has 1 atom stereocenters. The highest BCUT2D eigenvalue weighted by Gasteiger charge is 2.32. The number of hydrogen-bond acceptors (Lipinski definition) is 9. The highest BCUT2D eigenvalue weighted by molar-refractivity contribution is 7.16. The summed E-state index contributed by atoms with van der Waals surface area (Å²) in [5.41, 5.74) is 2.92. The third-order valence-corrected chi connectivity index (χ3v) is 5.68. The molecule has 1 aliphatic carbocycles. The number of para-hydroxylation sites is 1. The smallest absolute Gasteiger partial charge is 0.273 e. The van der Waals surface area contributed by atoms with E-state index in [1.165, 1.54) is 19.4 Å². The minimum atomic E-state index is -2.78. The fourth-order valence-electron chi connectivity index (χ4n) is 3.03. The number of anilines is 1. The predicted octanol–water partition coefficient (Wildman–Crippen LogP) is 1.48. The maximum Gasteiger partial charge on any atom is 0.273 e. The van der Waals surface area contributed by atoms with Gasteiger partial charge in [-0.2, -0.15) is 5.10 Å².